The Morgan fingerprint density at radius 2 is 1.86 bits per heavy atom. The van der Waals surface area contributed by atoms with E-state index in [0.29, 0.717) is 22.4 Å². The van der Waals surface area contributed by atoms with Gasteiger partial charge in [-0.1, -0.05) is 35.0 Å². The molecule has 1 saturated heterocycles. The number of carbonyl (C=O) groups excluding carboxylic acids is 1. The number of amides is 1. The largest absolute Gasteiger partial charge is 0.339 e. The highest BCUT2D eigenvalue weighted by Crippen LogP contribution is 2.28. The minimum Gasteiger partial charge on any atom is -0.339 e. The molecule has 1 amide bonds. The summed E-state index contributed by atoms with van der Waals surface area (Å²) >= 11 is 0. The normalized spacial score (nSPS) is 14.7. The van der Waals surface area contributed by atoms with E-state index in [4.69, 9.17) is 4.52 Å². The van der Waals surface area contributed by atoms with Crippen LogP contribution >= 0.6 is 12.4 Å². The number of aromatic nitrogens is 2. The van der Waals surface area contributed by atoms with Crippen molar-refractivity contribution in [2.75, 3.05) is 20.1 Å². The number of nitrogens with one attached hydrogen (secondary N) is 1. The molecule has 7 heteroatoms. The summed E-state index contributed by atoms with van der Waals surface area (Å²) < 4.78 is 5.41. The van der Waals surface area contributed by atoms with Crippen LogP contribution in [-0.4, -0.2) is 47.1 Å². The average molecular weight is 401 g/mol. The number of hydrogen-bond acceptors (Lipinski definition) is 5. The number of piperidine rings is 1. The molecule has 1 fully saturated rings. The second-order valence-corrected chi connectivity index (χ2v) is 7.27. The highest BCUT2D eigenvalue weighted by molar-refractivity contribution is 6.07. The lowest BCUT2D eigenvalue weighted by Crippen LogP contribution is -2.44. The van der Waals surface area contributed by atoms with Gasteiger partial charge in [0.2, 0.25) is 0 Å². The first-order valence-electron chi connectivity index (χ1n) is 9.36. The van der Waals surface area contributed by atoms with Crippen molar-refractivity contribution in [2.45, 2.75) is 32.7 Å². The Bertz CT molecular complexity index is 978. The van der Waals surface area contributed by atoms with Gasteiger partial charge in [-0.15, -0.1) is 12.4 Å². The third-order valence-electron chi connectivity index (χ3n) is 5.37. The van der Waals surface area contributed by atoms with Crippen LogP contribution in [0, 0.1) is 13.8 Å². The van der Waals surface area contributed by atoms with Crippen LogP contribution in [0.2, 0.25) is 0 Å². The zero-order valence-electron chi connectivity index (χ0n) is 16.4. The zero-order chi connectivity index (χ0) is 19.0. The summed E-state index contributed by atoms with van der Waals surface area (Å²) in [5, 5.41) is 8.09. The summed E-state index contributed by atoms with van der Waals surface area (Å²) in [6.07, 6.45) is 1.92. The molecule has 1 aliphatic rings. The van der Waals surface area contributed by atoms with E-state index in [1.807, 2.05) is 56.1 Å². The molecule has 3 aromatic rings. The van der Waals surface area contributed by atoms with Gasteiger partial charge in [-0.05, 0) is 45.8 Å². The van der Waals surface area contributed by atoms with Crippen LogP contribution in [0.15, 0.2) is 34.9 Å². The number of carbonyl (C=O) groups is 1. The number of fused-ring (bicyclic) bond motifs is 1. The fourth-order valence-corrected chi connectivity index (χ4v) is 3.69. The molecule has 0 radical (unpaired) electrons. The van der Waals surface area contributed by atoms with Crippen LogP contribution in [0.25, 0.3) is 22.4 Å². The molecule has 1 aromatic carbocycles. The number of rotatable bonds is 3. The van der Waals surface area contributed by atoms with Crippen molar-refractivity contribution in [1.82, 2.24) is 20.4 Å². The predicted octanol–water partition coefficient (Wildman–Crippen LogP) is 3.75. The summed E-state index contributed by atoms with van der Waals surface area (Å²) in [6, 6.07) is 10.2. The van der Waals surface area contributed by atoms with Gasteiger partial charge >= 0.3 is 0 Å². The van der Waals surface area contributed by atoms with Crippen molar-refractivity contribution < 1.29 is 9.32 Å². The Hall–Kier alpha value is -2.44. The van der Waals surface area contributed by atoms with Crippen molar-refractivity contribution in [3.05, 3.63) is 47.2 Å². The molecular weight excluding hydrogens is 376 g/mol. The van der Waals surface area contributed by atoms with Crippen molar-refractivity contribution >= 4 is 29.4 Å². The van der Waals surface area contributed by atoms with E-state index in [-0.39, 0.29) is 24.4 Å². The van der Waals surface area contributed by atoms with Crippen molar-refractivity contribution in [2.24, 2.45) is 0 Å². The molecule has 0 aliphatic carbocycles. The predicted molar refractivity (Wildman–Crippen MR) is 112 cm³/mol. The van der Waals surface area contributed by atoms with E-state index in [2.05, 4.69) is 15.5 Å². The first kappa shape index (κ1) is 20.3. The zero-order valence-corrected chi connectivity index (χ0v) is 17.2. The molecule has 0 saturated carbocycles. The monoisotopic (exact) mass is 400 g/mol. The molecular formula is C21H25ClN4O2. The fourth-order valence-electron chi connectivity index (χ4n) is 3.69. The molecule has 4 rings (SSSR count). The van der Waals surface area contributed by atoms with E-state index in [9.17, 15) is 4.79 Å². The Morgan fingerprint density at radius 3 is 2.54 bits per heavy atom. The molecule has 0 atom stereocenters. The average Bonchev–Trinajstić information content (AvgIpc) is 3.08. The van der Waals surface area contributed by atoms with Gasteiger partial charge in [-0.25, -0.2) is 4.98 Å². The van der Waals surface area contributed by atoms with Crippen molar-refractivity contribution in [3.8, 4) is 11.3 Å². The minimum atomic E-state index is -0.00559. The van der Waals surface area contributed by atoms with Gasteiger partial charge in [0.15, 0.2) is 0 Å². The van der Waals surface area contributed by atoms with Gasteiger partial charge in [0.1, 0.15) is 0 Å². The maximum absolute atomic E-state index is 13.4. The molecule has 148 valence electrons. The van der Waals surface area contributed by atoms with Crippen LogP contribution in [-0.2, 0) is 0 Å². The molecule has 6 nitrogen and oxygen atoms in total. The smallest absolute Gasteiger partial charge is 0.259 e. The van der Waals surface area contributed by atoms with E-state index in [1.54, 1.807) is 0 Å². The first-order chi connectivity index (χ1) is 13.0. The van der Waals surface area contributed by atoms with E-state index >= 15 is 0 Å². The number of pyridine rings is 1. The highest BCUT2D eigenvalue weighted by Gasteiger charge is 2.26. The van der Waals surface area contributed by atoms with Gasteiger partial charge < -0.3 is 14.7 Å². The minimum absolute atomic E-state index is 0. The Kier molecular flexibility index (Phi) is 6.01. The number of nitrogens with zero attached hydrogens (tertiary/aromatic N) is 3. The molecule has 0 unspecified atom stereocenters. The second-order valence-electron chi connectivity index (χ2n) is 7.27. The van der Waals surface area contributed by atoms with Crippen LogP contribution in [0.3, 0.4) is 0 Å². The van der Waals surface area contributed by atoms with Crippen LogP contribution < -0.4 is 5.32 Å². The van der Waals surface area contributed by atoms with Crippen LogP contribution in [0.1, 0.15) is 34.5 Å². The molecule has 0 spiro atoms. The second kappa shape index (κ2) is 8.29. The number of hydrogen-bond donors (Lipinski definition) is 1. The lowest BCUT2D eigenvalue weighted by atomic mass is 10.0. The SMILES string of the molecule is Cc1ccc(-c2cc(C(=O)N(C)C3CCNCC3)c3c(C)noc3n2)cc1.Cl. The van der Waals surface area contributed by atoms with Crippen molar-refractivity contribution in [3.63, 3.8) is 0 Å². The van der Waals surface area contributed by atoms with Gasteiger partial charge in [0, 0.05) is 18.7 Å². The standard InChI is InChI=1S/C21H24N4O2.ClH/c1-13-4-6-15(7-5-13)18-12-17(19-14(2)24-27-20(19)23-18)21(26)25(3)16-8-10-22-11-9-16;/h4-7,12,16,22H,8-11H2,1-3H3;1H. The van der Waals surface area contributed by atoms with Gasteiger partial charge in [0.25, 0.3) is 11.6 Å². The third kappa shape index (κ3) is 3.75. The number of benzene rings is 1. The molecule has 1 aliphatic heterocycles. The molecule has 0 bridgehead atoms. The fraction of sp³-hybridized carbons (Fsp3) is 0.381. The quantitative estimate of drug-likeness (QED) is 0.724. The molecule has 3 heterocycles. The Balaban J connectivity index is 0.00000225. The summed E-state index contributed by atoms with van der Waals surface area (Å²) in [4.78, 5) is 19.8. The topological polar surface area (TPSA) is 71.3 Å². The van der Waals surface area contributed by atoms with E-state index in [0.717, 1.165) is 37.2 Å². The van der Waals surface area contributed by atoms with Crippen LogP contribution in [0.4, 0.5) is 0 Å². The maximum atomic E-state index is 13.4. The van der Waals surface area contributed by atoms with Gasteiger partial charge in [0.05, 0.1) is 22.3 Å². The molecule has 28 heavy (non-hydrogen) atoms. The molecule has 2 aromatic heterocycles. The Morgan fingerprint density at radius 1 is 1.18 bits per heavy atom. The maximum Gasteiger partial charge on any atom is 0.259 e. The lowest BCUT2D eigenvalue weighted by molar-refractivity contribution is 0.0705. The summed E-state index contributed by atoms with van der Waals surface area (Å²) in [5.74, 6) is -0.00559. The summed E-state index contributed by atoms with van der Waals surface area (Å²) in [6.45, 7) is 5.77. The van der Waals surface area contributed by atoms with Crippen LogP contribution in [0.5, 0.6) is 0 Å². The van der Waals surface area contributed by atoms with E-state index < -0.39 is 0 Å². The van der Waals surface area contributed by atoms with E-state index in [1.165, 1.54) is 5.56 Å². The lowest BCUT2D eigenvalue weighted by Gasteiger charge is -2.31. The van der Waals surface area contributed by atoms with Gasteiger partial charge in [-0.3, -0.25) is 4.79 Å². The number of halogens is 1. The Labute approximate surface area is 170 Å². The van der Waals surface area contributed by atoms with Gasteiger partial charge in [-0.2, -0.15) is 0 Å². The summed E-state index contributed by atoms with van der Waals surface area (Å²) in [5.41, 5.74) is 4.56. The molecule has 1 N–H and O–H groups in total. The highest BCUT2D eigenvalue weighted by atomic mass is 35.5. The van der Waals surface area contributed by atoms with Crippen molar-refractivity contribution in [1.29, 1.82) is 0 Å². The first-order valence-corrected chi connectivity index (χ1v) is 9.36. The third-order valence-corrected chi connectivity index (χ3v) is 5.37. The number of aryl methyl sites for hydroxylation is 2. The summed E-state index contributed by atoms with van der Waals surface area (Å²) in [7, 11) is 1.89.